The minimum Gasteiger partial charge on any atom is -0.299 e. The van der Waals surface area contributed by atoms with Crippen LogP contribution in [0.15, 0.2) is 0 Å². The van der Waals surface area contributed by atoms with Gasteiger partial charge in [0.1, 0.15) is 5.78 Å². The summed E-state index contributed by atoms with van der Waals surface area (Å²) in [5.41, 5.74) is 0.580. The molecule has 0 saturated heterocycles. The highest BCUT2D eigenvalue weighted by molar-refractivity contribution is 5.88. The van der Waals surface area contributed by atoms with Gasteiger partial charge in [0.15, 0.2) is 0 Å². The maximum atomic E-state index is 12.3. The second kappa shape index (κ2) is 3.11. The molecule has 0 bridgehead atoms. The van der Waals surface area contributed by atoms with E-state index in [4.69, 9.17) is 0 Å². The summed E-state index contributed by atoms with van der Waals surface area (Å²) in [5.74, 6) is 2.93. The van der Waals surface area contributed by atoms with Gasteiger partial charge in [-0.05, 0) is 48.9 Å². The average molecular weight is 220 g/mol. The summed E-state index contributed by atoms with van der Waals surface area (Å²) in [5, 5.41) is 0. The first-order valence-corrected chi connectivity index (χ1v) is 7.01. The van der Waals surface area contributed by atoms with Gasteiger partial charge in [-0.3, -0.25) is 4.79 Å². The van der Waals surface area contributed by atoms with Gasteiger partial charge < -0.3 is 0 Å². The zero-order chi connectivity index (χ0) is 11.6. The summed E-state index contributed by atoms with van der Waals surface area (Å²) >= 11 is 0. The van der Waals surface area contributed by atoms with Gasteiger partial charge in [-0.25, -0.2) is 0 Å². The first kappa shape index (κ1) is 10.8. The number of hydrogen-bond acceptors (Lipinski definition) is 1. The standard InChI is InChI=1S/C15H24O/c1-14(2,3)13-10-6-4-8-12(16)15(10)9-5-7-11(13)15/h10-11,13H,4-9H2,1-3H3/t10-,11-,13-,15-/m0/s1. The van der Waals surface area contributed by atoms with Crippen LogP contribution in [0.4, 0.5) is 0 Å². The SMILES string of the molecule is CC(C)(C)[C@H]1[C@@H]2CCCC(=O)[C@@]23CCC[C@@H]13. The van der Waals surface area contributed by atoms with Crippen LogP contribution in [0.3, 0.4) is 0 Å². The van der Waals surface area contributed by atoms with Gasteiger partial charge in [0.25, 0.3) is 0 Å². The average Bonchev–Trinajstić information content (AvgIpc) is 2.46. The van der Waals surface area contributed by atoms with Gasteiger partial charge in [-0.2, -0.15) is 0 Å². The molecule has 3 aliphatic carbocycles. The molecule has 0 amide bonds. The monoisotopic (exact) mass is 220 g/mol. The van der Waals surface area contributed by atoms with Crippen molar-refractivity contribution in [3.8, 4) is 0 Å². The Morgan fingerprint density at radius 3 is 2.38 bits per heavy atom. The van der Waals surface area contributed by atoms with Crippen LogP contribution in [0.5, 0.6) is 0 Å². The molecule has 0 heterocycles. The van der Waals surface area contributed by atoms with Crippen LogP contribution in [0.2, 0.25) is 0 Å². The summed E-state index contributed by atoms with van der Waals surface area (Å²) < 4.78 is 0. The number of carbonyl (C=O) groups excluding carboxylic acids is 1. The smallest absolute Gasteiger partial charge is 0.139 e. The molecule has 16 heavy (non-hydrogen) atoms. The van der Waals surface area contributed by atoms with E-state index in [0.717, 1.165) is 30.6 Å². The summed E-state index contributed by atoms with van der Waals surface area (Å²) in [4.78, 5) is 12.3. The minimum atomic E-state index is 0.177. The third kappa shape index (κ3) is 1.10. The molecule has 3 aliphatic rings. The fourth-order valence-corrected chi connectivity index (χ4v) is 5.41. The van der Waals surface area contributed by atoms with E-state index in [0.29, 0.717) is 11.2 Å². The number of carbonyl (C=O) groups is 1. The molecule has 0 aliphatic heterocycles. The lowest BCUT2D eigenvalue weighted by atomic mass is 9.39. The van der Waals surface area contributed by atoms with Crippen molar-refractivity contribution in [1.82, 2.24) is 0 Å². The predicted octanol–water partition coefficient (Wildman–Crippen LogP) is 3.82. The molecule has 0 unspecified atom stereocenters. The molecule has 0 aromatic carbocycles. The number of rotatable bonds is 0. The lowest BCUT2D eigenvalue weighted by Crippen LogP contribution is -2.63. The Hall–Kier alpha value is -0.330. The van der Waals surface area contributed by atoms with Gasteiger partial charge >= 0.3 is 0 Å². The van der Waals surface area contributed by atoms with Gasteiger partial charge in [0.2, 0.25) is 0 Å². The van der Waals surface area contributed by atoms with E-state index in [-0.39, 0.29) is 5.41 Å². The lowest BCUT2D eigenvalue weighted by molar-refractivity contribution is -0.183. The molecule has 1 nitrogen and oxygen atoms in total. The fourth-order valence-electron chi connectivity index (χ4n) is 5.41. The van der Waals surface area contributed by atoms with Crippen LogP contribution in [-0.2, 0) is 4.79 Å². The van der Waals surface area contributed by atoms with Crippen LogP contribution >= 0.6 is 0 Å². The second-order valence-corrected chi connectivity index (χ2v) is 7.35. The van der Waals surface area contributed by atoms with E-state index in [1.807, 2.05) is 0 Å². The van der Waals surface area contributed by atoms with Crippen molar-refractivity contribution in [2.75, 3.05) is 0 Å². The molecule has 3 fully saturated rings. The minimum absolute atomic E-state index is 0.177. The highest BCUT2D eigenvalue weighted by Gasteiger charge is 2.69. The topological polar surface area (TPSA) is 17.1 Å². The maximum absolute atomic E-state index is 12.3. The molecule has 1 spiro atoms. The van der Waals surface area contributed by atoms with Crippen molar-refractivity contribution in [3.05, 3.63) is 0 Å². The lowest BCUT2D eigenvalue weighted by Gasteiger charge is -2.64. The summed E-state index contributed by atoms with van der Waals surface area (Å²) in [6, 6.07) is 0. The molecule has 90 valence electrons. The molecular weight excluding hydrogens is 196 g/mol. The second-order valence-electron chi connectivity index (χ2n) is 7.35. The third-order valence-electron chi connectivity index (χ3n) is 5.73. The molecule has 3 rings (SSSR count). The number of hydrogen-bond donors (Lipinski definition) is 0. The Labute approximate surface area is 99.0 Å². The number of Topliss-reactive ketones (excluding diaryl/α,β-unsaturated/α-hetero) is 1. The Morgan fingerprint density at radius 1 is 1.12 bits per heavy atom. The molecule has 0 aromatic rings. The summed E-state index contributed by atoms with van der Waals surface area (Å²) in [6.45, 7) is 7.12. The summed E-state index contributed by atoms with van der Waals surface area (Å²) in [7, 11) is 0. The quantitative estimate of drug-likeness (QED) is 0.606. The molecule has 0 N–H and O–H groups in total. The van der Waals surface area contributed by atoms with Crippen LogP contribution in [0.1, 0.15) is 59.3 Å². The zero-order valence-electron chi connectivity index (χ0n) is 10.9. The molecule has 3 saturated carbocycles. The highest BCUT2D eigenvalue weighted by atomic mass is 16.1. The number of ketones is 1. The van der Waals surface area contributed by atoms with Gasteiger partial charge in [0, 0.05) is 11.8 Å². The Bertz CT molecular complexity index is 325. The zero-order valence-corrected chi connectivity index (χ0v) is 10.9. The van der Waals surface area contributed by atoms with Crippen LogP contribution < -0.4 is 0 Å². The Morgan fingerprint density at radius 2 is 1.75 bits per heavy atom. The van der Waals surface area contributed by atoms with Crippen molar-refractivity contribution < 1.29 is 4.79 Å². The van der Waals surface area contributed by atoms with Crippen molar-refractivity contribution in [2.24, 2.45) is 28.6 Å². The first-order valence-electron chi connectivity index (χ1n) is 7.01. The molecular formula is C15H24O. The first-order chi connectivity index (χ1) is 7.48. The van der Waals surface area contributed by atoms with Crippen LogP contribution in [0, 0.1) is 28.6 Å². The fraction of sp³-hybridized carbons (Fsp3) is 0.933. The van der Waals surface area contributed by atoms with Crippen LogP contribution in [-0.4, -0.2) is 5.78 Å². The molecule has 0 radical (unpaired) electrons. The molecule has 1 heteroatoms. The highest BCUT2D eigenvalue weighted by Crippen LogP contribution is 2.71. The van der Waals surface area contributed by atoms with E-state index in [9.17, 15) is 4.79 Å². The van der Waals surface area contributed by atoms with Gasteiger partial charge in [0.05, 0.1) is 0 Å². The van der Waals surface area contributed by atoms with Gasteiger partial charge in [-0.15, -0.1) is 0 Å². The van der Waals surface area contributed by atoms with Gasteiger partial charge in [-0.1, -0.05) is 27.2 Å². The van der Waals surface area contributed by atoms with Crippen LogP contribution in [0.25, 0.3) is 0 Å². The van der Waals surface area contributed by atoms with E-state index in [1.54, 1.807) is 0 Å². The molecule has 4 atom stereocenters. The van der Waals surface area contributed by atoms with Crippen molar-refractivity contribution in [3.63, 3.8) is 0 Å². The predicted molar refractivity (Wildman–Crippen MR) is 65.1 cm³/mol. The Balaban J connectivity index is 1.96. The largest absolute Gasteiger partial charge is 0.299 e. The van der Waals surface area contributed by atoms with E-state index in [2.05, 4.69) is 20.8 Å². The van der Waals surface area contributed by atoms with E-state index in [1.165, 1.54) is 25.7 Å². The Kier molecular flexibility index (Phi) is 2.10. The van der Waals surface area contributed by atoms with Crippen molar-refractivity contribution in [2.45, 2.75) is 59.3 Å². The maximum Gasteiger partial charge on any atom is 0.139 e. The summed E-state index contributed by atoms with van der Waals surface area (Å²) in [6.07, 6.45) is 7.20. The van der Waals surface area contributed by atoms with E-state index < -0.39 is 0 Å². The third-order valence-corrected chi connectivity index (χ3v) is 5.73. The van der Waals surface area contributed by atoms with E-state index >= 15 is 0 Å². The van der Waals surface area contributed by atoms with Crippen molar-refractivity contribution in [1.29, 1.82) is 0 Å². The normalized spacial score (nSPS) is 47.2. The molecule has 0 aromatic heterocycles. The van der Waals surface area contributed by atoms with Crippen molar-refractivity contribution >= 4 is 5.78 Å².